The number of aromatic nitrogens is 1. The first-order valence-corrected chi connectivity index (χ1v) is 9.02. The third kappa shape index (κ3) is 3.51. The Bertz CT molecular complexity index is 455. The summed E-state index contributed by atoms with van der Waals surface area (Å²) < 4.78 is 0. The molecule has 0 amide bonds. The second kappa shape index (κ2) is 6.27. The minimum atomic E-state index is 0.690. The molecule has 1 saturated carbocycles. The molecule has 1 N–H and O–H groups in total. The maximum absolute atomic E-state index is 4.71. The fourth-order valence-corrected chi connectivity index (χ4v) is 4.71. The summed E-state index contributed by atoms with van der Waals surface area (Å²) in [6.07, 6.45) is 6.49. The Morgan fingerprint density at radius 2 is 2.32 bits per heavy atom. The predicted molar refractivity (Wildman–Crippen MR) is 84.2 cm³/mol. The van der Waals surface area contributed by atoms with Crippen LogP contribution in [-0.4, -0.2) is 28.5 Å². The average molecular weight is 295 g/mol. The minimum absolute atomic E-state index is 0.690. The molecule has 3 rings (SSSR count). The Morgan fingerprint density at radius 3 is 3.16 bits per heavy atom. The van der Waals surface area contributed by atoms with Gasteiger partial charge in [0.1, 0.15) is 0 Å². The zero-order chi connectivity index (χ0) is 13.1. The Kier molecular flexibility index (Phi) is 4.43. The quantitative estimate of drug-likeness (QED) is 0.930. The number of aliphatic imine (C=N–C) groups is 1. The second-order valence-electron chi connectivity index (χ2n) is 5.40. The molecule has 3 nitrogen and oxygen atoms in total. The molecule has 0 aromatic carbocycles. The van der Waals surface area contributed by atoms with Crippen LogP contribution >= 0.6 is 23.1 Å². The predicted octanol–water partition coefficient (Wildman–Crippen LogP) is 3.25. The Balaban J connectivity index is 1.50. The van der Waals surface area contributed by atoms with Crippen LogP contribution in [0.25, 0.3) is 0 Å². The summed E-state index contributed by atoms with van der Waals surface area (Å²) in [5.41, 5.74) is 1.18. The molecule has 104 valence electrons. The van der Waals surface area contributed by atoms with E-state index >= 15 is 0 Å². The van der Waals surface area contributed by atoms with E-state index in [0.717, 1.165) is 29.1 Å². The van der Waals surface area contributed by atoms with Crippen molar-refractivity contribution in [3.8, 4) is 0 Å². The van der Waals surface area contributed by atoms with Crippen LogP contribution in [0, 0.1) is 12.8 Å². The first-order valence-electron chi connectivity index (χ1n) is 7.16. The number of hydrogen-bond donors (Lipinski definition) is 1. The number of amidine groups is 1. The van der Waals surface area contributed by atoms with Gasteiger partial charge in [0.15, 0.2) is 5.17 Å². The summed E-state index contributed by atoms with van der Waals surface area (Å²) in [5.74, 6) is 2.13. The van der Waals surface area contributed by atoms with Gasteiger partial charge in [0.05, 0.1) is 10.7 Å². The highest BCUT2D eigenvalue weighted by atomic mass is 32.2. The smallest absolute Gasteiger partial charge is 0.156 e. The van der Waals surface area contributed by atoms with Crippen molar-refractivity contribution in [2.45, 2.75) is 45.1 Å². The highest BCUT2D eigenvalue weighted by Crippen LogP contribution is 2.31. The molecular formula is C14H21N3S2. The summed E-state index contributed by atoms with van der Waals surface area (Å²) in [6, 6.07) is 0.690. The molecule has 5 heteroatoms. The molecule has 2 aliphatic rings. The molecule has 1 aliphatic heterocycles. The molecule has 0 bridgehead atoms. The topological polar surface area (TPSA) is 37.3 Å². The number of thiazole rings is 1. The number of thioether (sulfide) groups is 1. The molecule has 1 saturated heterocycles. The highest BCUT2D eigenvalue weighted by molar-refractivity contribution is 8.13. The lowest BCUT2D eigenvalue weighted by Gasteiger charge is -2.36. The SMILES string of the molecule is Cc1nc(CCN=C2NC3CCCCC3CS2)cs1. The maximum atomic E-state index is 4.71. The standard InChI is InChI=1S/C14H21N3S2/c1-10-16-12(9-18-10)6-7-15-14-17-13-5-3-2-4-11(13)8-19-14/h9,11,13H,2-8H2,1H3,(H,15,17). The van der Waals surface area contributed by atoms with Crippen LogP contribution in [-0.2, 0) is 6.42 Å². The van der Waals surface area contributed by atoms with Crippen LogP contribution in [0.15, 0.2) is 10.4 Å². The Morgan fingerprint density at radius 1 is 1.42 bits per heavy atom. The second-order valence-corrected chi connectivity index (χ2v) is 7.47. The van der Waals surface area contributed by atoms with Crippen LogP contribution in [0.1, 0.15) is 36.4 Å². The van der Waals surface area contributed by atoms with Crippen molar-refractivity contribution in [1.82, 2.24) is 10.3 Å². The zero-order valence-corrected chi connectivity index (χ0v) is 13.0. The van der Waals surface area contributed by atoms with Crippen LogP contribution < -0.4 is 5.32 Å². The number of hydrogen-bond acceptors (Lipinski definition) is 4. The van der Waals surface area contributed by atoms with Crippen LogP contribution in [0.2, 0.25) is 0 Å². The molecule has 1 aromatic rings. The van der Waals surface area contributed by atoms with E-state index in [1.165, 1.54) is 37.1 Å². The molecule has 19 heavy (non-hydrogen) atoms. The monoisotopic (exact) mass is 295 g/mol. The zero-order valence-electron chi connectivity index (χ0n) is 11.4. The lowest BCUT2D eigenvalue weighted by atomic mass is 9.86. The highest BCUT2D eigenvalue weighted by Gasteiger charge is 2.29. The van der Waals surface area contributed by atoms with Gasteiger partial charge in [-0.25, -0.2) is 4.98 Å². The Labute approximate surface area is 123 Å². The van der Waals surface area contributed by atoms with Crippen LogP contribution in [0.4, 0.5) is 0 Å². The third-order valence-corrected chi connectivity index (χ3v) is 5.88. The van der Waals surface area contributed by atoms with Crippen LogP contribution in [0.5, 0.6) is 0 Å². The largest absolute Gasteiger partial charge is 0.362 e. The van der Waals surface area contributed by atoms with Crippen molar-refractivity contribution >= 4 is 28.3 Å². The summed E-state index contributed by atoms with van der Waals surface area (Å²) in [6.45, 7) is 2.91. The van der Waals surface area contributed by atoms with E-state index in [4.69, 9.17) is 4.99 Å². The lowest BCUT2D eigenvalue weighted by molar-refractivity contribution is 0.311. The molecular weight excluding hydrogens is 274 g/mol. The maximum Gasteiger partial charge on any atom is 0.156 e. The lowest BCUT2D eigenvalue weighted by Crippen LogP contribution is -2.46. The molecule has 2 atom stereocenters. The van der Waals surface area contributed by atoms with E-state index in [1.54, 1.807) is 11.3 Å². The van der Waals surface area contributed by atoms with Crippen molar-refractivity contribution < 1.29 is 0 Å². The summed E-state index contributed by atoms with van der Waals surface area (Å²) in [5, 5.41) is 8.10. The van der Waals surface area contributed by atoms with Gasteiger partial charge in [0.25, 0.3) is 0 Å². The van der Waals surface area contributed by atoms with Gasteiger partial charge in [-0.3, -0.25) is 4.99 Å². The number of fused-ring (bicyclic) bond motifs is 1. The van der Waals surface area contributed by atoms with Gasteiger partial charge in [0.2, 0.25) is 0 Å². The van der Waals surface area contributed by atoms with Crippen molar-refractivity contribution in [1.29, 1.82) is 0 Å². The summed E-state index contributed by atoms with van der Waals surface area (Å²) in [7, 11) is 0. The fourth-order valence-electron chi connectivity index (χ4n) is 2.87. The fraction of sp³-hybridized carbons (Fsp3) is 0.714. The molecule has 1 aromatic heterocycles. The number of aryl methyl sites for hydroxylation is 1. The van der Waals surface area contributed by atoms with E-state index in [0.29, 0.717) is 6.04 Å². The molecule has 0 radical (unpaired) electrons. The van der Waals surface area contributed by atoms with Gasteiger partial charge in [-0.05, 0) is 25.7 Å². The first-order chi connectivity index (χ1) is 9.31. The van der Waals surface area contributed by atoms with E-state index < -0.39 is 0 Å². The van der Waals surface area contributed by atoms with Gasteiger partial charge in [-0.2, -0.15) is 0 Å². The van der Waals surface area contributed by atoms with Crippen molar-refractivity contribution in [3.05, 3.63) is 16.1 Å². The van der Waals surface area contributed by atoms with E-state index in [9.17, 15) is 0 Å². The van der Waals surface area contributed by atoms with Gasteiger partial charge >= 0.3 is 0 Å². The molecule has 2 heterocycles. The number of rotatable bonds is 3. The van der Waals surface area contributed by atoms with E-state index in [-0.39, 0.29) is 0 Å². The normalized spacial score (nSPS) is 29.0. The molecule has 2 fully saturated rings. The number of nitrogens with one attached hydrogen (secondary N) is 1. The average Bonchev–Trinajstić information content (AvgIpc) is 2.84. The summed E-state index contributed by atoms with van der Waals surface area (Å²) >= 11 is 3.64. The van der Waals surface area contributed by atoms with Crippen molar-refractivity contribution in [2.24, 2.45) is 10.9 Å². The van der Waals surface area contributed by atoms with Gasteiger partial charge in [0, 0.05) is 30.1 Å². The van der Waals surface area contributed by atoms with Crippen molar-refractivity contribution in [2.75, 3.05) is 12.3 Å². The molecule has 2 unspecified atom stereocenters. The van der Waals surface area contributed by atoms with Crippen molar-refractivity contribution in [3.63, 3.8) is 0 Å². The van der Waals surface area contributed by atoms with E-state index in [1.807, 2.05) is 11.8 Å². The van der Waals surface area contributed by atoms with Gasteiger partial charge in [-0.15, -0.1) is 11.3 Å². The van der Waals surface area contributed by atoms with E-state index in [2.05, 4.69) is 22.6 Å². The van der Waals surface area contributed by atoms with Gasteiger partial charge < -0.3 is 5.32 Å². The first kappa shape index (κ1) is 13.4. The van der Waals surface area contributed by atoms with Crippen LogP contribution in [0.3, 0.4) is 0 Å². The summed E-state index contributed by atoms with van der Waals surface area (Å²) in [4.78, 5) is 9.19. The minimum Gasteiger partial charge on any atom is -0.362 e. The molecule has 1 aliphatic carbocycles. The number of nitrogens with zero attached hydrogens (tertiary/aromatic N) is 2. The Hall–Kier alpha value is -0.550. The third-order valence-electron chi connectivity index (χ3n) is 3.94. The molecule has 0 spiro atoms. The van der Waals surface area contributed by atoms with Gasteiger partial charge in [-0.1, -0.05) is 24.6 Å².